The second-order valence-corrected chi connectivity index (χ2v) is 8.88. The first-order valence-electron chi connectivity index (χ1n) is 4.08. The van der Waals surface area contributed by atoms with Crippen molar-refractivity contribution in [3.63, 3.8) is 0 Å². The van der Waals surface area contributed by atoms with Gasteiger partial charge in [-0.05, 0) is 0 Å². The molecule has 0 aliphatic heterocycles. The molecule has 12 heavy (non-hydrogen) atoms. The normalized spacial score (nSPS) is 10.0. The zero-order chi connectivity index (χ0) is 9.40. The van der Waals surface area contributed by atoms with E-state index in [4.69, 9.17) is 17.7 Å². The van der Waals surface area contributed by atoms with E-state index in [2.05, 4.69) is 0 Å². The van der Waals surface area contributed by atoms with Crippen molar-refractivity contribution in [2.24, 2.45) is 0 Å². The first-order valence-corrected chi connectivity index (χ1v) is 14.7. The van der Waals surface area contributed by atoms with Crippen LogP contribution in [0.2, 0.25) is 3.93 Å². The molecular weight excluding hydrogens is 368 g/mol. The molecule has 0 radical (unpaired) electrons. The standard InChI is InChI=1S/C7H13O3.ClH.Hg/c1-4-9-7(6(3)8)10-5-2;;/h7H,3-5H2,1-2H3;1H;/q;;+1/p-1. The van der Waals surface area contributed by atoms with Crippen LogP contribution in [0.5, 0.6) is 0 Å². The van der Waals surface area contributed by atoms with Crippen molar-refractivity contribution in [3.05, 3.63) is 0 Å². The van der Waals surface area contributed by atoms with Crippen molar-refractivity contribution < 1.29 is 37.6 Å². The van der Waals surface area contributed by atoms with Crippen LogP contribution in [0, 0.1) is 0 Å². The molecule has 0 atom stereocenters. The summed E-state index contributed by atoms with van der Waals surface area (Å²) in [5.74, 6) is 0.00960. The van der Waals surface area contributed by atoms with E-state index in [9.17, 15) is 4.79 Å². The molecular formula is C7H13ClHgO3. The fourth-order valence-corrected chi connectivity index (χ4v) is 4.02. The Balaban J connectivity index is 3.81. The van der Waals surface area contributed by atoms with Crippen molar-refractivity contribution in [2.45, 2.75) is 24.1 Å². The number of Topliss-reactive ketones (excluding diaryl/α,β-unsaturated/α-hetero) is 1. The topological polar surface area (TPSA) is 35.5 Å². The third-order valence-corrected chi connectivity index (χ3v) is 5.55. The van der Waals surface area contributed by atoms with E-state index in [0.29, 0.717) is 17.1 Å². The van der Waals surface area contributed by atoms with Crippen molar-refractivity contribution in [2.75, 3.05) is 13.2 Å². The Kier molecular flexibility index (Phi) is 8.99. The summed E-state index contributed by atoms with van der Waals surface area (Å²) in [5, 5.41) is 0. The van der Waals surface area contributed by atoms with E-state index in [1.54, 1.807) is 0 Å². The van der Waals surface area contributed by atoms with Gasteiger partial charge in [0.25, 0.3) is 0 Å². The fourth-order valence-electron chi connectivity index (χ4n) is 0.748. The molecule has 0 heterocycles. The molecule has 0 aromatic carbocycles. The zero-order valence-electron chi connectivity index (χ0n) is 7.51. The van der Waals surface area contributed by atoms with Gasteiger partial charge in [-0.1, -0.05) is 0 Å². The summed E-state index contributed by atoms with van der Waals surface area (Å²) in [7, 11) is 5.63. The molecule has 0 rings (SSSR count). The first kappa shape index (κ1) is 12.8. The predicted octanol–water partition coefficient (Wildman–Crippen LogP) is 1.61. The minimum atomic E-state index is -1.39. The monoisotopic (exact) mass is 382 g/mol. The van der Waals surface area contributed by atoms with Gasteiger partial charge < -0.3 is 0 Å². The van der Waals surface area contributed by atoms with Gasteiger partial charge in [-0.3, -0.25) is 0 Å². The van der Waals surface area contributed by atoms with Crippen molar-refractivity contribution in [3.8, 4) is 0 Å². The van der Waals surface area contributed by atoms with E-state index >= 15 is 0 Å². The third-order valence-electron chi connectivity index (χ3n) is 1.24. The van der Waals surface area contributed by atoms with E-state index in [0.717, 1.165) is 0 Å². The third kappa shape index (κ3) is 5.46. The van der Waals surface area contributed by atoms with Crippen molar-refractivity contribution in [1.29, 1.82) is 0 Å². The number of hydrogen-bond donors (Lipinski definition) is 0. The van der Waals surface area contributed by atoms with Crippen molar-refractivity contribution in [1.82, 2.24) is 0 Å². The molecule has 3 nitrogen and oxygen atoms in total. The predicted molar refractivity (Wildman–Crippen MR) is 42.7 cm³/mol. The van der Waals surface area contributed by atoms with Crippen LogP contribution in [0.4, 0.5) is 0 Å². The molecule has 0 aliphatic rings. The van der Waals surface area contributed by atoms with Gasteiger partial charge in [-0.15, -0.1) is 0 Å². The first-order chi connectivity index (χ1) is 5.76. The molecule has 0 fully saturated rings. The number of ether oxygens (including phenoxy) is 2. The molecule has 0 spiro atoms. The fraction of sp³-hybridized carbons (Fsp3) is 0.857. The van der Waals surface area contributed by atoms with Gasteiger partial charge in [0.15, 0.2) is 0 Å². The van der Waals surface area contributed by atoms with Crippen LogP contribution in [0.3, 0.4) is 0 Å². The van der Waals surface area contributed by atoms with Crippen LogP contribution in [0.25, 0.3) is 0 Å². The van der Waals surface area contributed by atoms with E-state index < -0.39 is 29.6 Å². The summed E-state index contributed by atoms with van der Waals surface area (Å²) < 4.78 is 10.7. The summed E-state index contributed by atoms with van der Waals surface area (Å²) in [5.41, 5.74) is 0. The molecule has 0 saturated heterocycles. The van der Waals surface area contributed by atoms with Gasteiger partial charge in [-0.2, -0.15) is 0 Å². The maximum absolute atomic E-state index is 11.2. The quantitative estimate of drug-likeness (QED) is 0.497. The number of halogens is 1. The Labute approximate surface area is 88.6 Å². The number of rotatable bonds is 7. The minimum absolute atomic E-state index is 0.00960. The van der Waals surface area contributed by atoms with Crippen LogP contribution in [-0.2, 0) is 37.6 Å². The number of carbonyl (C=O) groups excluding carboxylic acids is 1. The molecule has 0 aromatic heterocycles. The second-order valence-electron chi connectivity index (χ2n) is 2.15. The number of ketones is 1. The molecule has 0 aromatic rings. The summed E-state index contributed by atoms with van der Waals surface area (Å²) in [6.45, 7) is 4.67. The summed E-state index contributed by atoms with van der Waals surface area (Å²) in [4.78, 5) is 11.2. The number of carbonyl (C=O) groups is 1. The van der Waals surface area contributed by atoms with Gasteiger partial charge in [-0.25, -0.2) is 0 Å². The van der Waals surface area contributed by atoms with E-state index in [1.807, 2.05) is 13.8 Å². The molecule has 68 valence electrons. The van der Waals surface area contributed by atoms with Gasteiger partial charge in [0.2, 0.25) is 0 Å². The second kappa shape index (κ2) is 8.41. The molecule has 0 amide bonds. The molecule has 0 unspecified atom stereocenters. The summed E-state index contributed by atoms with van der Waals surface area (Å²) in [6.07, 6.45) is -0.668. The van der Waals surface area contributed by atoms with E-state index in [1.165, 1.54) is 0 Å². The summed E-state index contributed by atoms with van der Waals surface area (Å²) >= 11 is -1.39. The molecule has 5 heteroatoms. The van der Waals surface area contributed by atoms with Crippen LogP contribution in [-0.4, -0.2) is 25.3 Å². The van der Waals surface area contributed by atoms with Gasteiger partial charge in [0.05, 0.1) is 0 Å². The van der Waals surface area contributed by atoms with Gasteiger partial charge in [0.1, 0.15) is 0 Å². The Morgan fingerprint density at radius 3 is 2.25 bits per heavy atom. The van der Waals surface area contributed by atoms with Gasteiger partial charge >= 0.3 is 88.9 Å². The average Bonchev–Trinajstić information content (AvgIpc) is 2.04. The van der Waals surface area contributed by atoms with Crippen LogP contribution < -0.4 is 0 Å². The van der Waals surface area contributed by atoms with Crippen molar-refractivity contribution >= 4 is 14.0 Å². The Morgan fingerprint density at radius 1 is 1.42 bits per heavy atom. The Bertz CT molecular complexity index is 126. The van der Waals surface area contributed by atoms with Gasteiger partial charge in [0, 0.05) is 0 Å². The molecule has 0 aliphatic carbocycles. The zero-order valence-corrected chi connectivity index (χ0v) is 13.8. The molecule has 0 N–H and O–H groups in total. The summed E-state index contributed by atoms with van der Waals surface area (Å²) in [6, 6.07) is 0. The molecule has 0 bridgehead atoms. The maximum atomic E-state index is 11.2. The Hall–Kier alpha value is 0.815. The van der Waals surface area contributed by atoms with E-state index in [-0.39, 0.29) is 5.78 Å². The van der Waals surface area contributed by atoms with Crippen LogP contribution >= 0.6 is 8.25 Å². The molecule has 0 saturated carbocycles. The van der Waals surface area contributed by atoms with Crippen LogP contribution in [0.1, 0.15) is 13.8 Å². The SMILES string of the molecule is CCOC(OCC)C(=O)[CH2][Hg][Cl]. The van der Waals surface area contributed by atoms with Crippen LogP contribution in [0.15, 0.2) is 0 Å². The number of hydrogen-bond acceptors (Lipinski definition) is 3. The Morgan fingerprint density at radius 2 is 1.92 bits per heavy atom. The average molecular weight is 381 g/mol.